The molecule has 0 aliphatic carbocycles. The number of piperidine rings is 1. The molecule has 1 N–H and O–H groups in total. The van der Waals surface area contributed by atoms with Crippen LogP contribution in [0.15, 0.2) is 0 Å². The molecule has 0 aromatic carbocycles. The van der Waals surface area contributed by atoms with Crippen molar-refractivity contribution in [3.63, 3.8) is 0 Å². The molecule has 0 aromatic rings. The fourth-order valence-corrected chi connectivity index (χ4v) is 3.08. The van der Waals surface area contributed by atoms with E-state index in [9.17, 15) is 4.79 Å². The molecule has 0 unspecified atom stereocenters. The molecule has 4 nitrogen and oxygen atoms in total. The molecule has 0 bridgehead atoms. The van der Waals surface area contributed by atoms with Crippen LogP contribution < -0.4 is 0 Å². The van der Waals surface area contributed by atoms with Crippen LogP contribution in [-0.4, -0.2) is 59.1 Å². The zero-order valence-electron chi connectivity index (χ0n) is 9.57. The number of carbonyl (C=O) groups is 1. The lowest BCUT2D eigenvalue weighted by atomic mass is 9.84. The van der Waals surface area contributed by atoms with Gasteiger partial charge in [-0.3, -0.25) is 9.69 Å². The van der Waals surface area contributed by atoms with Gasteiger partial charge in [0.2, 0.25) is 5.91 Å². The van der Waals surface area contributed by atoms with E-state index in [1.807, 2.05) is 11.9 Å². The molecule has 0 aromatic heterocycles. The molecule has 4 heteroatoms. The number of hydrogen-bond donors (Lipinski definition) is 1. The smallest absolute Gasteiger partial charge is 0.222 e. The van der Waals surface area contributed by atoms with Crippen LogP contribution in [0.2, 0.25) is 0 Å². The Kier molecular flexibility index (Phi) is 2.73. The number of rotatable bonds is 2. The average Bonchev–Trinajstić information content (AvgIpc) is 2.53. The number of likely N-dealkylation sites (N-methyl/N-ethyl adjacent to an activating group) is 1. The lowest BCUT2D eigenvalue weighted by Gasteiger charge is -2.46. The lowest BCUT2D eigenvalue weighted by molar-refractivity contribution is -0.140. The Hall–Kier alpha value is -0.610. The van der Waals surface area contributed by atoms with Crippen molar-refractivity contribution in [1.29, 1.82) is 0 Å². The number of carbonyl (C=O) groups excluding carboxylic acids is 1. The maximum atomic E-state index is 11.7. The number of hydrogen-bond acceptors (Lipinski definition) is 3. The number of fused-ring (bicyclic) bond motifs is 1. The van der Waals surface area contributed by atoms with E-state index in [1.165, 1.54) is 0 Å². The first-order chi connectivity index (χ1) is 7.09. The van der Waals surface area contributed by atoms with Gasteiger partial charge in [-0.25, -0.2) is 0 Å². The first-order valence-electron chi connectivity index (χ1n) is 5.71. The Balaban J connectivity index is 2.17. The highest BCUT2D eigenvalue weighted by Gasteiger charge is 2.50. The molecule has 0 saturated carbocycles. The second-order valence-electron chi connectivity index (χ2n) is 4.87. The zero-order chi connectivity index (χ0) is 11.1. The van der Waals surface area contributed by atoms with Gasteiger partial charge >= 0.3 is 0 Å². The van der Waals surface area contributed by atoms with Crippen LogP contribution in [0.3, 0.4) is 0 Å². The van der Waals surface area contributed by atoms with Crippen LogP contribution in [0.4, 0.5) is 0 Å². The minimum Gasteiger partial charge on any atom is -0.395 e. The predicted octanol–water partition coefficient (Wildman–Crippen LogP) is 0.0639. The molecule has 2 rings (SSSR count). The highest BCUT2D eigenvalue weighted by atomic mass is 16.3. The SMILES string of the molecule is CN1C(=O)CC[C@@H]2N(CCO)CC[C@@]21C. The standard InChI is InChI=1S/C11H20N2O2/c1-11-5-6-13(7-8-14)9(11)3-4-10(15)12(11)2/h9,14H,3-8H2,1-2H3/t9-,11-/m0/s1. The van der Waals surface area contributed by atoms with Crippen molar-refractivity contribution in [3.8, 4) is 0 Å². The third kappa shape index (κ3) is 1.56. The lowest BCUT2D eigenvalue weighted by Crippen LogP contribution is -2.59. The molecule has 2 saturated heterocycles. The third-order valence-corrected chi connectivity index (χ3v) is 4.22. The van der Waals surface area contributed by atoms with Gasteiger partial charge in [-0.05, 0) is 19.8 Å². The van der Waals surface area contributed by atoms with Crippen molar-refractivity contribution in [3.05, 3.63) is 0 Å². The second-order valence-corrected chi connectivity index (χ2v) is 4.87. The fourth-order valence-electron chi connectivity index (χ4n) is 3.08. The van der Waals surface area contributed by atoms with Gasteiger partial charge in [0.1, 0.15) is 0 Å². The third-order valence-electron chi connectivity index (χ3n) is 4.22. The van der Waals surface area contributed by atoms with E-state index in [0.29, 0.717) is 12.5 Å². The predicted molar refractivity (Wildman–Crippen MR) is 57.5 cm³/mol. The highest BCUT2D eigenvalue weighted by Crippen LogP contribution is 2.39. The maximum absolute atomic E-state index is 11.7. The van der Waals surface area contributed by atoms with Crippen LogP contribution in [0.5, 0.6) is 0 Å². The normalized spacial score (nSPS) is 37.1. The quantitative estimate of drug-likeness (QED) is 0.704. The molecule has 15 heavy (non-hydrogen) atoms. The Morgan fingerprint density at radius 3 is 3.00 bits per heavy atom. The van der Waals surface area contributed by atoms with Crippen molar-refractivity contribution >= 4 is 5.91 Å². The molecule has 1 amide bonds. The number of aliphatic hydroxyl groups excluding tert-OH is 1. The average molecular weight is 212 g/mol. The summed E-state index contributed by atoms with van der Waals surface area (Å²) >= 11 is 0. The number of nitrogens with zero attached hydrogens (tertiary/aromatic N) is 2. The van der Waals surface area contributed by atoms with Crippen molar-refractivity contribution < 1.29 is 9.90 Å². The first-order valence-corrected chi connectivity index (χ1v) is 5.71. The van der Waals surface area contributed by atoms with Gasteiger partial charge in [-0.15, -0.1) is 0 Å². The van der Waals surface area contributed by atoms with E-state index in [-0.39, 0.29) is 18.1 Å². The van der Waals surface area contributed by atoms with Gasteiger partial charge in [-0.2, -0.15) is 0 Å². The summed E-state index contributed by atoms with van der Waals surface area (Å²) in [5.74, 6) is 0.264. The van der Waals surface area contributed by atoms with Crippen LogP contribution in [0, 0.1) is 0 Å². The number of likely N-dealkylation sites (tertiary alicyclic amines) is 2. The molecular formula is C11H20N2O2. The fraction of sp³-hybridized carbons (Fsp3) is 0.909. The van der Waals surface area contributed by atoms with E-state index < -0.39 is 0 Å². The summed E-state index contributed by atoms with van der Waals surface area (Å²) in [6, 6.07) is 0.437. The molecular weight excluding hydrogens is 192 g/mol. The minimum atomic E-state index is -0.00942. The van der Waals surface area contributed by atoms with E-state index in [4.69, 9.17) is 5.11 Å². The van der Waals surface area contributed by atoms with Gasteiger partial charge in [0, 0.05) is 32.6 Å². The van der Waals surface area contributed by atoms with Crippen molar-refractivity contribution in [2.75, 3.05) is 26.7 Å². The van der Waals surface area contributed by atoms with Crippen molar-refractivity contribution in [2.45, 2.75) is 37.8 Å². The molecule has 2 fully saturated rings. The summed E-state index contributed by atoms with van der Waals surface area (Å²) in [6.45, 7) is 4.12. The van der Waals surface area contributed by atoms with Gasteiger partial charge in [-0.1, -0.05) is 0 Å². The Bertz CT molecular complexity index is 269. The van der Waals surface area contributed by atoms with Crippen LogP contribution in [0.1, 0.15) is 26.2 Å². The molecule has 2 heterocycles. The Labute approximate surface area is 90.9 Å². The van der Waals surface area contributed by atoms with Crippen molar-refractivity contribution in [2.24, 2.45) is 0 Å². The van der Waals surface area contributed by atoms with Gasteiger partial charge in [0.05, 0.1) is 12.1 Å². The first kappa shape index (κ1) is 10.9. The van der Waals surface area contributed by atoms with Crippen LogP contribution in [0.25, 0.3) is 0 Å². The van der Waals surface area contributed by atoms with Crippen LogP contribution >= 0.6 is 0 Å². The summed E-state index contributed by atoms with van der Waals surface area (Å²) in [6.07, 6.45) is 2.62. The summed E-state index contributed by atoms with van der Waals surface area (Å²) in [7, 11) is 1.91. The number of aliphatic hydroxyl groups is 1. The summed E-state index contributed by atoms with van der Waals surface area (Å²) in [5.41, 5.74) is -0.00942. The van der Waals surface area contributed by atoms with Crippen molar-refractivity contribution in [1.82, 2.24) is 9.80 Å². The Morgan fingerprint density at radius 1 is 1.60 bits per heavy atom. The van der Waals surface area contributed by atoms with E-state index in [0.717, 1.165) is 25.9 Å². The van der Waals surface area contributed by atoms with Crippen LogP contribution in [-0.2, 0) is 4.79 Å². The zero-order valence-corrected chi connectivity index (χ0v) is 9.57. The van der Waals surface area contributed by atoms with Gasteiger partial charge in [0.15, 0.2) is 0 Å². The van der Waals surface area contributed by atoms with Gasteiger partial charge < -0.3 is 10.0 Å². The molecule has 0 spiro atoms. The summed E-state index contributed by atoms with van der Waals surface area (Å²) in [5, 5.41) is 9.00. The molecule has 2 aliphatic heterocycles. The maximum Gasteiger partial charge on any atom is 0.222 e. The molecule has 2 aliphatic rings. The van der Waals surface area contributed by atoms with Gasteiger partial charge in [0.25, 0.3) is 0 Å². The topological polar surface area (TPSA) is 43.8 Å². The Morgan fingerprint density at radius 2 is 2.33 bits per heavy atom. The molecule has 2 atom stereocenters. The number of amides is 1. The number of β-amino-alcohol motifs (C(OH)–C–C–N with tert-alkyl or cyclic N) is 1. The monoisotopic (exact) mass is 212 g/mol. The van der Waals surface area contributed by atoms with E-state index in [2.05, 4.69) is 11.8 Å². The molecule has 86 valence electrons. The minimum absolute atomic E-state index is 0.00942. The largest absolute Gasteiger partial charge is 0.395 e. The van der Waals surface area contributed by atoms with E-state index >= 15 is 0 Å². The second kappa shape index (κ2) is 3.76. The molecule has 0 radical (unpaired) electrons. The summed E-state index contributed by atoms with van der Waals surface area (Å²) < 4.78 is 0. The highest BCUT2D eigenvalue weighted by molar-refractivity contribution is 5.78. The van der Waals surface area contributed by atoms with E-state index in [1.54, 1.807) is 0 Å². The summed E-state index contributed by atoms with van der Waals surface area (Å²) in [4.78, 5) is 15.9.